The minimum Gasteiger partial charge on any atom is -0.462 e. The highest BCUT2D eigenvalue weighted by Crippen LogP contribution is 2.43. The Hall–Kier alpha value is -1.85. The van der Waals surface area contributed by atoms with Gasteiger partial charge in [-0.25, -0.2) is 4.57 Å². The number of hydrogen-bond acceptors (Lipinski definition) is 10. The number of carbonyl (C=O) groups excluding carboxylic acids is 2. The number of esters is 2. The van der Waals surface area contributed by atoms with Crippen molar-refractivity contribution in [2.45, 2.75) is 174 Å². The van der Waals surface area contributed by atoms with Gasteiger partial charge < -0.3 is 29.3 Å². The van der Waals surface area contributed by atoms with E-state index in [2.05, 4.69) is 55.7 Å². The molecule has 1 fully saturated rings. The van der Waals surface area contributed by atoms with Crippen LogP contribution in [0.15, 0.2) is 36.5 Å². The summed E-state index contributed by atoms with van der Waals surface area (Å²) in [5, 5.41) is 18.3. The van der Waals surface area contributed by atoms with Crippen LogP contribution in [0.3, 0.4) is 0 Å². The Balaban J connectivity index is 2.34. The Labute approximate surface area is 314 Å². The van der Waals surface area contributed by atoms with Crippen LogP contribution in [0.1, 0.15) is 149 Å². The first-order valence-electron chi connectivity index (χ1n) is 19.9. The number of ether oxygens (including phenoxy) is 3. The third-order valence-electron chi connectivity index (χ3n) is 8.63. The van der Waals surface area contributed by atoms with Crippen LogP contribution in [-0.4, -0.2) is 77.9 Å². The van der Waals surface area contributed by atoms with Crippen LogP contribution < -0.4 is 0 Å². The van der Waals surface area contributed by atoms with Crippen molar-refractivity contribution >= 4 is 19.8 Å². The van der Waals surface area contributed by atoms with Crippen molar-refractivity contribution in [2.75, 3.05) is 26.4 Å². The highest BCUT2D eigenvalue weighted by atomic mass is 31.2. The average molecular weight is 759 g/mol. The Morgan fingerprint density at radius 1 is 0.731 bits per heavy atom. The summed E-state index contributed by atoms with van der Waals surface area (Å²) in [6.07, 6.45) is 30.2. The van der Waals surface area contributed by atoms with Crippen molar-refractivity contribution in [3.63, 3.8) is 0 Å². The molecule has 12 heteroatoms. The van der Waals surface area contributed by atoms with Gasteiger partial charge in [-0.2, -0.15) is 0 Å². The summed E-state index contributed by atoms with van der Waals surface area (Å²) in [5.74, 6) is -0.245. The molecular weight excluding hydrogens is 687 g/mol. The molecule has 0 aromatic heterocycles. The van der Waals surface area contributed by atoms with Crippen molar-refractivity contribution in [2.24, 2.45) is 5.92 Å². The van der Waals surface area contributed by atoms with E-state index in [0.717, 1.165) is 50.9 Å². The van der Waals surface area contributed by atoms with E-state index in [1.807, 2.05) is 6.08 Å². The second kappa shape index (κ2) is 31.5. The minimum absolute atomic E-state index is 0.100. The maximum absolute atomic E-state index is 12.6. The van der Waals surface area contributed by atoms with Crippen molar-refractivity contribution in [1.82, 2.24) is 0 Å². The van der Waals surface area contributed by atoms with E-state index >= 15 is 0 Å². The van der Waals surface area contributed by atoms with E-state index in [1.54, 1.807) is 0 Å². The van der Waals surface area contributed by atoms with Crippen molar-refractivity contribution < 1.29 is 52.5 Å². The smallest absolute Gasteiger partial charge is 0.462 e. The highest BCUT2D eigenvalue weighted by molar-refractivity contribution is 7.47. The number of phosphoric acid groups is 1. The van der Waals surface area contributed by atoms with Gasteiger partial charge in [-0.1, -0.05) is 121 Å². The molecule has 1 aliphatic heterocycles. The van der Waals surface area contributed by atoms with Gasteiger partial charge in [0.2, 0.25) is 0 Å². The predicted molar refractivity (Wildman–Crippen MR) is 205 cm³/mol. The molecule has 0 spiro atoms. The van der Waals surface area contributed by atoms with Gasteiger partial charge in [0, 0.05) is 12.8 Å². The summed E-state index contributed by atoms with van der Waals surface area (Å²) < 4.78 is 38.3. The molecule has 3 unspecified atom stereocenters. The number of epoxide rings is 1. The summed E-state index contributed by atoms with van der Waals surface area (Å²) >= 11 is 0. The maximum Gasteiger partial charge on any atom is 0.472 e. The number of carbonyl (C=O) groups is 2. The molecule has 1 saturated heterocycles. The number of phosphoric ester groups is 1. The Bertz CT molecular complexity index is 1040. The zero-order valence-corrected chi connectivity index (χ0v) is 33.3. The number of aliphatic hydroxyl groups is 2. The zero-order chi connectivity index (χ0) is 38.3. The lowest BCUT2D eigenvalue weighted by atomic mass is 10.0. The van der Waals surface area contributed by atoms with E-state index in [-0.39, 0.29) is 31.7 Å². The van der Waals surface area contributed by atoms with E-state index in [9.17, 15) is 24.2 Å². The molecule has 5 atom stereocenters. The van der Waals surface area contributed by atoms with Crippen LogP contribution >= 0.6 is 7.82 Å². The molecule has 0 aromatic rings. The molecule has 1 heterocycles. The van der Waals surface area contributed by atoms with Gasteiger partial charge in [-0.15, -0.1) is 0 Å². The number of aliphatic hydroxyl groups excluding tert-OH is 2. The summed E-state index contributed by atoms with van der Waals surface area (Å²) in [4.78, 5) is 34.9. The number of hydrogen-bond donors (Lipinski definition) is 3. The lowest BCUT2D eigenvalue weighted by molar-refractivity contribution is -0.161. The third-order valence-corrected chi connectivity index (χ3v) is 9.58. The molecule has 0 radical (unpaired) electrons. The number of unbranched alkanes of at least 4 members (excludes halogenated alkanes) is 11. The van der Waals surface area contributed by atoms with Gasteiger partial charge in [-0.05, 0) is 57.3 Å². The Morgan fingerprint density at radius 3 is 1.98 bits per heavy atom. The normalized spacial score (nSPS) is 18.4. The fourth-order valence-electron chi connectivity index (χ4n) is 5.39. The first-order chi connectivity index (χ1) is 25.1. The quantitative estimate of drug-likeness (QED) is 0.0186. The predicted octanol–water partition coefficient (Wildman–Crippen LogP) is 8.84. The third kappa shape index (κ3) is 29.6. The average Bonchev–Trinajstić information content (AvgIpc) is 3.87. The molecular formula is C40H71O11P. The van der Waals surface area contributed by atoms with Gasteiger partial charge in [0.05, 0.1) is 32.0 Å². The van der Waals surface area contributed by atoms with Crippen LogP contribution in [0.4, 0.5) is 0 Å². The molecule has 0 bridgehead atoms. The van der Waals surface area contributed by atoms with Gasteiger partial charge in [-0.3, -0.25) is 18.6 Å². The Kier molecular flexibility index (Phi) is 29.2. The van der Waals surface area contributed by atoms with E-state index in [1.165, 1.54) is 51.4 Å². The van der Waals surface area contributed by atoms with Crippen LogP contribution in [0.2, 0.25) is 0 Å². The Morgan fingerprint density at radius 2 is 1.31 bits per heavy atom. The summed E-state index contributed by atoms with van der Waals surface area (Å²) in [6, 6.07) is 0. The first-order valence-corrected chi connectivity index (χ1v) is 21.4. The largest absolute Gasteiger partial charge is 0.472 e. The minimum atomic E-state index is -4.63. The lowest BCUT2D eigenvalue weighted by Gasteiger charge is -2.20. The van der Waals surface area contributed by atoms with Crippen LogP contribution in [-0.2, 0) is 37.4 Å². The summed E-state index contributed by atoms with van der Waals surface area (Å²) in [7, 11) is -4.63. The van der Waals surface area contributed by atoms with Crippen LogP contribution in [0, 0.1) is 5.92 Å². The number of allylic oxidation sites excluding steroid dienone is 4. The SMILES string of the molecule is CCCCC/C=C\C/C=C\CC1OC1C/C=C\CCCC(=O)O[C@H](COC(=O)CCCCCCCCCCC(C)C)COP(=O)(O)OC[C@@H](O)CO. The zero-order valence-electron chi connectivity index (χ0n) is 32.4. The van der Waals surface area contributed by atoms with Gasteiger partial charge in [0.1, 0.15) is 12.7 Å². The van der Waals surface area contributed by atoms with Gasteiger partial charge >= 0.3 is 19.8 Å². The molecule has 302 valence electrons. The molecule has 0 aliphatic carbocycles. The van der Waals surface area contributed by atoms with E-state index in [4.69, 9.17) is 23.8 Å². The second-order valence-corrected chi connectivity index (χ2v) is 15.6. The monoisotopic (exact) mass is 758 g/mol. The van der Waals surface area contributed by atoms with Crippen molar-refractivity contribution in [3.05, 3.63) is 36.5 Å². The molecule has 0 amide bonds. The molecule has 52 heavy (non-hydrogen) atoms. The fourth-order valence-corrected chi connectivity index (χ4v) is 6.18. The van der Waals surface area contributed by atoms with E-state index < -0.39 is 51.8 Å². The van der Waals surface area contributed by atoms with Crippen LogP contribution in [0.25, 0.3) is 0 Å². The standard InChI is InChI=1S/C40H71O11P/c1-4-5-6-7-8-9-13-16-21-26-37-38(51-37)27-22-18-19-24-29-40(44)50-36(33-49-52(45,46)48-31-35(42)30-41)32-47-39(43)28-23-17-14-11-10-12-15-20-25-34(2)3/h8-9,16,18,21-22,34-38,41-42H,4-7,10-15,17,19-20,23-33H2,1-3H3,(H,45,46)/b9-8-,21-16-,22-18-/t35-,36+,37?,38?/m0/s1. The molecule has 1 rings (SSSR count). The van der Waals surface area contributed by atoms with Gasteiger partial charge in [0.25, 0.3) is 0 Å². The van der Waals surface area contributed by atoms with Crippen LogP contribution in [0.5, 0.6) is 0 Å². The molecule has 0 aromatic carbocycles. The van der Waals surface area contributed by atoms with Crippen molar-refractivity contribution in [3.8, 4) is 0 Å². The molecule has 3 N–H and O–H groups in total. The number of rotatable bonds is 35. The molecule has 11 nitrogen and oxygen atoms in total. The second-order valence-electron chi connectivity index (χ2n) is 14.2. The van der Waals surface area contributed by atoms with Crippen molar-refractivity contribution in [1.29, 1.82) is 0 Å². The highest BCUT2D eigenvalue weighted by Gasteiger charge is 2.36. The van der Waals surface area contributed by atoms with E-state index in [0.29, 0.717) is 19.3 Å². The summed E-state index contributed by atoms with van der Waals surface area (Å²) in [5.41, 5.74) is 0. The maximum atomic E-state index is 12.6. The lowest BCUT2D eigenvalue weighted by Crippen LogP contribution is -2.29. The molecule has 0 saturated carbocycles. The topological polar surface area (TPSA) is 161 Å². The molecule has 1 aliphatic rings. The van der Waals surface area contributed by atoms with Gasteiger partial charge in [0.15, 0.2) is 6.10 Å². The first kappa shape index (κ1) is 48.2. The fraction of sp³-hybridized carbons (Fsp3) is 0.800. The summed E-state index contributed by atoms with van der Waals surface area (Å²) in [6.45, 7) is 4.52.